The van der Waals surface area contributed by atoms with Crippen molar-refractivity contribution in [3.63, 3.8) is 0 Å². The van der Waals surface area contributed by atoms with E-state index in [1.807, 2.05) is 11.0 Å². The molecule has 0 atom stereocenters. The van der Waals surface area contributed by atoms with Gasteiger partial charge in [0.05, 0.1) is 6.61 Å². The Hall–Kier alpha value is -1.54. The zero-order valence-corrected chi connectivity index (χ0v) is 9.53. The van der Waals surface area contributed by atoms with E-state index < -0.39 is 0 Å². The first-order chi connectivity index (χ1) is 7.77. The van der Waals surface area contributed by atoms with Crippen LogP contribution in [0.2, 0.25) is 0 Å². The third-order valence-electron chi connectivity index (χ3n) is 2.41. The molecule has 0 bridgehead atoms. The Balaban J connectivity index is 2.46. The maximum atomic E-state index is 11.6. The Labute approximate surface area is 95.7 Å². The van der Waals surface area contributed by atoms with Gasteiger partial charge in [0, 0.05) is 32.9 Å². The number of ether oxygens (including phenoxy) is 1. The van der Waals surface area contributed by atoms with Crippen LogP contribution in [0.5, 0.6) is 0 Å². The predicted molar refractivity (Wildman–Crippen MR) is 59.4 cm³/mol. The van der Waals surface area contributed by atoms with Crippen LogP contribution in [0.1, 0.15) is 12.8 Å². The first-order valence-corrected chi connectivity index (χ1v) is 5.41. The number of methoxy groups -OCH3 is 1. The third-order valence-corrected chi connectivity index (χ3v) is 2.41. The summed E-state index contributed by atoms with van der Waals surface area (Å²) < 4.78 is 4.81. The number of likely N-dealkylation sites (tertiary alicyclic amines) is 1. The fourth-order valence-electron chi connectivity index (χ4n) is 1.55. The highest BCUT2D eigenvalue weighted by Crippen LogP contribution is 2.09. The standard InChI is InChI=1S/C11H17N3O2/c1-16-7-4-13-11(15)10(8-12)9-14-5-2-3-6-14/h9H,2-7H2,1H3,(H,13,15)/b10-9-. The van der Waals surface area contributed by atoms with Gasteiger partial charge < -0.3 is 15.0 Å². The smallest absolute Gasteiger partial charge is 0.263 e. The molecule has 1 aliphatic rings. The zero-order valence-electron chi connectivity index (χ0n) is 9.53. The number of amides is 1. The molecule has 16 heavy (non-hydrogen) atoms. The van der Waals surface area contributed by atoms with E-state index in [9.17, 15) is 4.79 Å². The monoisotopic (exact) mass is 223 g/mol. The van der Waals surface area contributed by atoms with E-state index in [0.29, 0.717) is 13.2 Å². The van der Waals surface area contributed by atoms with Crippen LogP contribution in [-0.4, -0.2) is 44.2 Å². The molecule has 5 heteroatoms. The van der Waals surface area contributed by atoms with Gasteiger partial charge in [0.25, 0.3) is 5.91 Å². The van der Waals surface area contributed by atoms with Crippen molar-refractivity contribution in [1.29, 1.82) is 5.26 Å². The van der Waals surface area contributed by atoms with Crippen LogP contribution in [0.15, 0.2) is 11.8 Å². The lowest BCUT2D eigenvalue weighted by atomic mass is 10.3. The van der Waals surface area contributed by atoms with Gasteiger partial charge in [-0.1, -0.05) is 0 Å². The van der Waals surface area contributed by atoms with E-state index in [4.69, 9.17) is 10.00 Å². The predicted octanol–water partition coefficient (Wildman–Crippen LogP) is 0.252. The molecule has 1 saturated heterocycles. The Morgan fingerprint density at radius 2 is 2.25 bits per heavy atom. The number of rotatable bonds is 5. The van der Waals surface area contributed by atoms with E-state index in [1.165, 1.54) is 0 Å². The molecule has 0 unspecified atom stereocenters. The number of nitriles is 1. The molecule has 1 aliphatic heterocycles. The molecule has 1 N–H and O–H groups in total. The van der Waals surface area contributed by atoms with Crippen LogP contribution in [0, 0.1) is 11.3 Å². The molecule has 1 heterocycles. The van der Waals surface area contributed by atoms with E-state index in [2.05, 4.69) is 5.32 Å². The van der Waals surface area contributed by atoms with Gasteiger partial charge in [-0.25, -0.2) is 0 Å². The van der Waals surface area contributed by atoms with Crippen molar-refractivity contribution < 1.29 is 9.53 Å². The van der Waals surface area contributed by atoms with Gasteiger partial charge in [-0.05, 0) is 12.8 Å². The van der Waals surface area contributed by atoms with Crippen molar-refractivity contribution in [3.8, 4) is 6.07 Å². The first-order valence-electron chi connectivity index (χ1n) is 5.41. The Morgan fingerprint density at radius 3 is 2.81 bits per heavy atom. The number of hydrogen-bond acceptors (Lipinski definition) is 4. The maximum Gasteiger partial charge on any atom is 0.263 e. The van der Waals surface area contributed by atoms with Crippen molar-refractivity contribution in [2.75, 3.05) is 33.4 Å². The lowest BCUT2D eigenvalue weighted by molar-refractivity contribution is -0.117. The number of nitrogens with one attached hydrogen (secondary N) is 1. The van der Waals surface area contributed by atoms with Gasteiger partial charge in [0.1, 0.15) is 11.6 Å². The van der Waals surface area contributed by atoms with Crippen LogP contribution in [0.3, 0.4) is 0 Å². The van der Waals surface area contributed by atoms with Crippen molar-refractivity contribution in [1.82, 2.24) is 10.2 Å². The highest BCUT2D eigenvalue weighted by molar-refractivity contribution is 5.97. The minimum atomic E-state index is -0.327. The molecule has 0 aromatic heterocycles. The van der Waals surface area contributed by atoms with Crippen LogP contribution in [0.4, 0.5) is 0 Å². The summed E-state index contributed by atoms with van der Waals surface area (Å²) in [5.74, 6) is -0.327. The fourth-order valence-corrected chi connectivity index (χ4v) is 1.55. The molecule has 1 amide bonds. The van der Waals surface area contributed by atoms with E-state index in [-0.39, 0.29) is 11.5 Å². The highest BCUT2D eigenvalue weighted by Gasteiger charge is 2.13. The van der Waals surface area contributed by atoms with Gasteiger partial charge in [0.2, 0.25) is 0 Å². The summed E-state index contributed by atoms with van der Waals surface area (Å²) in [5, 5.41) is 11.5. The summed E-state index contributed by atoms with van der Waals surface area (Å²) in [7, 11) is 1.57. The highest BCUT2D eigenvalue weighted by atomic mass is 16.5. The molecule has 0 radical (unpaired) electrons. The van der Waals surface area contributed by atoms with Crippen molar-refractivity contribution in [3.05, 3.63) is 11.8 Å². The van der Waals surface area contributed by atoms with E-state index in [1.54, 1.807) is 13.3 Å². The normalized spacial score (nSPS) is 16.0. The second-order valence-corrected chi connectivity index (χ2v) is 3.65. The van der Waals surface area contributed by atoms with Crippen LogP contribution in [0.25, 0.3) is 0 Å². The Kier molecular flexibility index (Phi) is 5.37. The zero-order chi connectivity index (χ0) is 11.8. The average molecular weight is 223 g/mol. The quantitative estimate of drug-likeness (QED) is 0.412. The molecule has 1 fully saturated rings. The SMILES string of the molecule is COCCNC(=O)/C(C#N)=C\N1CCCC1. The van der Waals surface area contributed by atoms with Gasteiger partial charge >= 0.3 is 0 Å². The van der Waals surface area contributed by atoms with Crippen LogP contribution >= 0.6 is 0 Å². The molecule has 0 spiro atoms. The lowest BCUT2D eigenvalue weighted by Gasteiger charge is -2.11. The summed E-state index contributed by atoms with van der Waals surface area (Å²) in [5.41, 5.74) is 0.165. The number of carbonyl (C=O) groups is 1. The number of nitrogens with zero attached hydrogens (tertiary/aromatic N) is 2. The summed E-state index contributed by atoms with van der Waals surface area (Å²) in [4.78, 5) is 13.6. The first kappa shape index (κ1) is 12.5. The van der Waals surface area contributed by atoms with E-state index >= 15 is 0 Å². The summed E-state index contributed by atoms with van der Waals surface area (Å²) in [6, 6.07) is 1.92. The number of carbonyl (C=O) groups excluding carboxylic acids is 1. The Bertz CT molecular complexity index is 301. The Morgan fingerprint density at radius 1 is 1.56 bits per heavy atom. The summed E-state index contributed by atoms with van der Waals surface area (Å²) in [6.45, 7) is 2.73. The van der Waals surface area contributed by atoms with Crippen LogP contribution < -0.4 is 5.32 Å². The second kappa shape index (κ2) is 6.85. The summed E-state index contributed by atoms with van der Waals surface area (Å²) >= 11 is 0. The van der Waals surface area contributed by atoms with Crippen molar-refractivity contribution in [2.45, 2.75) is 12.8 Å². The van der Waals surface area contributed by atoms with E-state index in [0.717, 1.165) is 25.9 Å². The topological polar surface area (TPSA) is 65.4 Å². The fraction of sp³-hybridized carbons (Fsp3) is 0.636. The molecular formula is C11H17N3O2. The van der Waals surface area contributed by atoms with Gasteiger partial charge in [-0.2, -0.15) is 5.26 Å². The van der Waals surface area contributed by atoms with Crippen molar-refractivity contribution in [2.24, 2.45) is 0 Å². The minimum absolute atomic E-state index is 0.165. The molecule has 0 aromatic rings. The minimum Gasteiger partial charge on any atom is -0.383 e. The molecular weight excluding hydrogens is 206 g/mol. The van der Waals surface area contributed by atoms with Crippen molar-refractivity contribution >= 4 is 5.91 Å². The molecule has 88 valence electrons. The average Bonchev–Trinajstić information content (AvgIpc) is 2.78. The molecule has 1 rings (SSSR count). The lowest BCUT2D eigenvalue weighted by Crippen LogP contribution is -2.29. The number of hydrogen-bond donors (Lipinski definition) is 1. The molecule has 0 aliphatic carbocycles. The summed E-state index contributed by atoms with van der Waals surface area (Å²) in [6.07, 6.45) is 3.90. The van der Waals surface area contributed by atoms with Crippen LogP contribution in [-0.2, 0) is 9.53 Å². The van der Waals surface area contributed by atoms with Gasteiger partial charge in [-0.15, -0.1) is 0 Å². The molecule has 0 saturated carbocycles. The third kappa shape index (κ3) is 3.91. The second-order valence-electron chi connectivity index (χ2n) is 3.65. The largest absolute Gasteiger partial charge is 0.383 e. The van der Waals surface area contributed by atoms with Gasteiger partial charge in [0.15, 0.2) is 0 Å². The molecule has 5 nitrogen and oxygen atoms in total. The van der Waals surface area contributed by atoms with Gasteiger partial charge in [-0.3, -0.25) is 4.79 Å². The molecule has 0 aromatic carbocycles. The maximum absolute atomic E-state index is 11.6.